The minimum Gasteiger partial charge on any atom is -0.507 e. The number of methoxy groups -OCH3 is 1. The van der Waals surface area contributed by atoms with Gasteiger partial charge in [-0.3, -0.25) is 19.5 Å². The highest BCUT2D eigenvalue weighted by Gasteiger charge is 2.47. The number of nitrogens with zero attached hydrogens (tertiary/aromatic N) is 2. The summed E-state index contributed by atoms with van der Waals surface area (Å²) < 4.78 is 5.27. The number of anilines is 1. The second-order valence-electron chi connectivity index (χ2n) is 7.08. The number of ketones is 1. The summed E-state index contributed by atoms with van der Waals surface area (Å²) in [6.45, 7) is 1.83. The van der Waals surface area contributed by atoms with Gasteiger partial charge in [-0.15, -0.1) is 0 Å². The quantitative estimate of drug-likeness (QED) is 0.366. The molecule has 0 radical (unpaired) electrons. The predicted molar refractivity (Wildman–Crippen MR) is 118 cm³/mol. The fourth-order valence-corrected chi connectivity index (χ4v) is 3.83. The number of benzene rings is 2. The van der Waals surface area contributed by atoms with Crippen LogP contribution in [0.5, 0.6) is 5.75 Å². The monoisotopic (exact) mass is 434 g/mol. The lowest BCUT2D eigenvalue weighted by atomic mass is 9.97. The fraction of sp³-hybridized carbons (Fsp3) is 0.125. The van der Waals surface area contributed by atoms with Gasteiger partial charge in [0.05, 0.1) is 18.4 Å². The summed E-state index contributed by atoms with van der Waals surface area (Å²) in [6, 6.07) is 16.0. The van der Waals surface area contributed by atoms with Crippen LogP contribution in [-0.2, 0) is 9.59 Å². The van der Waals surface area contributed by atoms with Crippen molar-refractivity contribution in [3.8, 4) is 5.75 Å². The van der Waals surface area contributed by atoms with Crippen LogP contribution < -0.4 is 9.64 Å². The van der Waals surface area contributed by atoms with E-state index in [0.717, 1.165) is 5.56 Å². The molecule has 1 aliphatic rings. The number of carbonyl (C=O) groups excluding carboxylic acids is 2. The fourth-order valence-electron chi connectivity index (χ4n) is 3.70. The first-order valence-corrected chi connectivity index (χ1v) is 9.92. The lowest BCUT2D eigenvalue weighted by Gasteiger charge is -2.24. The van der Waals surface area contributed by atoms with Gasteiger partial charge in [-0.2, -0.15) is 0 Å². The SMILES string of the molecule is COc1ccc(/C(O)=C2/C(=O)C(=O)N(c3ccc(Cl)cc3)C2c2ccccn2)cc1C. The molecule has 4 rings (SSSR count). The van der Waals surface area contributed by atoms with Crippen LogP contribution in [0.1, 0.15) is 22.9 Å². The number of aliphatic hydroxyl groups is 1. The van der Waals surface area contributed by atoms with Crippen molar-refractivity contribution in [1.82, 2.24) is 4.98 Å². The zero-order valence-electron chi connectivity index (χ0n) is 16.9. The number of aromatic nitrogens is 1. The van der Waals surface area contributed by atoms with Crippen LogP contribution in [0.25, 0.3) is 5.76 Å². The minimum absolute atomic E-state index is 0.0248. The molecule has 0 aliphatic carbocycles. The lowest BCUT2D eigenvalue weighted by Crippen LogP contribution is -2.29. The van der Waals surface area contributed by atoms with Gasteiger partial charge < -0.3 is 9.84 Å². The van der Waals surface area contributed by atoms with Crippen molar-refractivity contribution >= 4 is 34.7 Å². The number of hydrogen-bond acceptors (Lipinski definition) is 5. The molecule has 1 aromatic heterocycles. The average Bonchev–Trinajstić information content (AvgIpc) is 3.05. The van der Waals surface area contributed by atoms with E-state index in [4.69, 9.17) is 16.3 Å². The summed E-state index contributed by atoms with van der Waals surface area (Å²) >= 11 is 5.99. The van der Waals surface area contributed by atoms with E-state index in [0.29, 0.717) is 27.7 Å². The van der Waals surface area contributed by atoms with Crippen LogP contribution >= 0.6 is 11.6 Å². The van der Waals surface area contributed by atoms with Crippen LogP contribution in [0.4, 0.5) is 5.69 Å². The Balaban J connectivity index is 1.92. The van der Waals surface area contributed by atoms with Crippen molar-refractivity contribution < 1.29 is 19.4 Å². The molecule has 0 spiro atoms. The third-order valence-electron chi connectivity index (χ3n) is 5.19. The van der Waals surface area contributed by atoms with E-state index in [1.807, 2.05) is 6.92 Å². The number of Topliss-reactive ketones (excluding diaryl/α,β-unsaturated/α-hetero) is 1. The Bertz CT molecular complexity index is 1190. The van der Waals surface area contributed by atoms with Crippen molar-refractivity contribution in [2.24, 2.45) is 0 Å². The van der Waals surface area contributed by atoms with Crippen LogP contribution in [0.15, 0.2) is 72.4 Å². The van der Waals surface area contributed by atoms with Gasteiger partial charge in [-0.1, -0.05) is 17.7 Å². The van der Waals surface area contributed by atoms with Gasteiger partial charge in [-0.25, -0.2) is 0 Å². The molecule has 2 aromatic carbocycles. The molecule has 2 heterocycles. The van der Waals surface area contributed by atoms with E-state index in [9.17, 15) is 14.7 Å². The molecule has 1 aliphatic heterocycles. The van der Waals surface area contributed by atoms with E-state index in [1.54, 1.807) is 74.0 Å². The zero-order valence-corrected chi connectivity index (χ0v) is 17.6. The minimum atomic E-state index is -0.884. The molecule has 6 nitrogen and oxygen atoms in total. The van der Waals surface area contributed by atoms with E-state index in [-0.39, 0.29) is 11.3 Å². The number of ether oxygens (including phenoxy) is 1. The van der Waals surface area contributed by atoms with E-state index < -0.39 is 17.7 Å². The maximum absolute atomic E-state index is 13.1. The third-order valence-corrected chi connectivity index (χ3v) is 5.44. The first kappa shape index (κ1) is 20.6. The molecular weight excluding hydrogens is 416 g/mol. The number of pyridine rings is 1. The van der Waals surface area contributed by atoms with E-state index in [2.05, 4.69) is 4.98 Å². The van der Waals surface area contributed by atoms with Gasteiger partial charge in [0, 0.05) is 22.5 Å². The standard InChI is InChI=1S/C24H19ClN2O4/c1-14-13-15(6-11-19(14)31-2)22(28)20-21(18-5-3-4-12-26-18)27(24(30)23(20)29)17-9-7-16(25)8-10-17/h3-13,21,28H,1-2H3/b22-20-. The Kier molecular flexibility index (Phi) is 5.48. The summed E-state index contributed by atoms with van der Waals surface area (Å²) in [5.74, 6) is -1.14. The molecule has 31 heavy (non-hydrogen) atoms. The Morgan fingerprint density at radius 1 is 1.10 bits per heavy atom. The van der Waals surface area contributed by atoms with Gasteiger partial charge in [0.25, 0.3) is 11.7 Å². The summed E-state index contributed by atoms with van der Waals surface area (Å²) in [7, 11) is 1.56. The number of amides is 1. The van der Waals surface area contributed by atoms with Crippen LogP contribution in [0.3, 0.4) is 0 Å². The maximum atomic E-state index is 13.1. The van der Waals surface area contributed by atoms with Crippen LogP contribution in [-0.4, -0.2) is 28.9 Å². The van der Waals surface area contributed by atoms with Gasteiger partial charge >= 0.3 is 0 Å². The summed E-state index contributed by atoms with van der Waals surface area (Å²) in [4.78, 5) is 31.8. The topological polar surface area (TPSA) is 79.7 Å². The Hall–Kier alpha value is -3.64. The Labute approximate surface area is 184 Å². The first-order valence-electron chi connectivity index (χ1n) is 9.55. The summed E-state index contributed by atoms with van der Waals surface area (Å²) in [5, 5.41) is 11.6. The van der Waals surface area contributed by atoms with Gasteiger partial charge in [-0.05, 0) is 67.1 Å². The van der Waals surface area contributed by atoms with Crippen molar-refractivity contribution in [2.45, 2.75) is 13.0 Å². The molecule has 1 fully saturated rings. The second-order valence-corrected chi connectivity index (χ2v) is 7.52. The summed E-state index contributed by atoms with van der Waals surface area (Å²) in [6.07, 6.45) is 1.58. The molecule has 1 N–H and O–H groups in total. The highest BCUT2D eigenvalue weighted by Crippen LogP contribution is 2.41. The van der Waals surface area contributed by atoms with Crippen molar-refractivity contribution in [3.63, 3.8) is 0 Å². The number of halogens is 1. The third kappa shape index (κ3) is 3.66. The maximum Gasteiger partial charge on any atom is 0.300 e. The number of aliphatic hydroxyl groups excluding tert-OH is 1. The number of rotatable bonds is 4. The lowest BCUT2D eigenvalue weighted by molar-refractivity contribution is -0.132. The number of carbonyl (C=O) groups is 2. The van der Waals surface area contributed by atoms with Crippen LogP contribution in [0, 0.1) is 6.92 Å². The van der Waals surface area contributed by atoms with Gasteiger partial charge in [0.1, 0.15) is 17.6 Å². The number of hydrogen-bond donors (Lipinski definition) is 1. The molecule has 1 saturated heterocycles. The Morgan fingerprint density at radius 2 is 1.84 bits per heavy atom. The largest absolute Gasteiger partial charge is 0.507 e. The molecule has 3 aromatic rings. The molecule has 1 amide bonds. The molecular formula is C24H19ClN2O4. The first-order chi connectivity index (χ1) is 14.9. The highest BCUT2D eigenvalue weighted by atomic mass is 35.5. The average molecular weight is 435 g/mol. The van der Waals surface area contributed by atoms with E-state index >= 15 is 0 Å². The normalized spacial score (nSPS) is 17.8. The van der Waals surface area contributed by atoms with Crippen molar-refractivity contribution in [2.75, 3.05) is 12.0 Å². The van der Waals surface area contributed by atoms with Crippen molar-refractivity contribution in [1.29, 1.82) is 0 Å². The molecule has 0 saturated carbocycles. The molecule has 1 atom stereocenters. The second kappa shape index (κ2) is 8.24. The molecule has 156 valence electrons. The summed E-state index contributed by atoms with van der Waals surface area (Å²) in [5.41, 5.74) is 2.11. The molecule has 7 heteroatoms. The van der Waals surface area contributed by atoms with E-state index in [1.165, 1.54) is 4.90 Å². The van der Waals surface area contributed by atoms with Gasteiger partial charge in [0.15, 0.2) is 0 Å². The van der Waals surface area contributed by atoms with Gasteiger partial charge in [0.2, 0.25) is 0 Å². The zero-order chi connectivity index (χ0) is 22.1. The highest BCUT2D eigenvalue weighted by molar-refractivity contribution is 6.51. The Morgan fingerprint density at radius 3 is 2.45 bits per heavy atom. The molecule has 1 unspecified atom stereocenters. The van der Waals surface area contributed by atoms with Crippen LogP contribution in [0.2, 0.25) is 5.02 Å². The predicted octanol–water partition coefficient (Wildman–Crippen LogP) is 4.68. The van der Waals surface area contributed by atoms with Crippen molar-refractivity contribution in [3.05, 3.63) is 94.3 Å². The number of aryl methyl sites for hydroxylation is 1. The molecule has 0 bridgehead atoms. The smallest absolute Gasteiger partial charge is 0.300 e.